The third kappa shape index (κ3) is 4.08. The minimum atomic E-state index is -4.55. The summed E-state index contributed by atoms with van der Waals surface area (Å²) in [6.07, 6.45) is 12.5. The van der Waals surface area contributed by atoms with E-state index in [0.717, 1.165) is 35.7 Å². The van der Waals surface area contributed by atoms with Crippen molar-refractivity contribution in [2.24, 2.45) is 0 Å². The molecule has 0 saturated carbocycles. The fourth-order valence-corrected chi connectivity index (χ4v) is 36.2. The molecule has 0 bridgehead atoms. The molecule has 3 aromatic carbocycles. The van der Waals surface area contributed by atoms with Gasteiger partial charge in [-0.1, -0.05) is 0 Å². The fraction of sp³-hybridized carbons (Fsp3) is 0.242. The van der Waals surface area contributed by atoms with Crippen molar-refractivity contribution in [2.45, 2.75) is 46.5 Å². The molecular weight excluding hydrogens is 601 g/mol. The van der Waals surface area contributed by atoms with Crippen LogP contribution in [-0.4, -0.2) is 10.9 Å². The van der Waals surface area contributed by atoms with Crippen molar-refractivity contribution < 1.29 is 15.6 Å². The number of hydrogen-bond acceptors (Lipinski definition) is 1. The Morgan fingerprint density at radius 1 is 0.921 bits per heavy atom. The minimum absolute atomic E-state index is 0.141. The first-order valence-corrected chi connectivity index (χ1v) is 30.2. The standard InChI is InChI=1S/C22H20N.C9H7.C2H7Si.2ClH.Zr/c1-2-3-7-16-12-17-9-6-10-20(21(17)13-16)19-14-18-8-4-5-11-22(18)23-15-19;1-2-5-9-7-3-6-8(9)4-1;1-3-2;;;/h4-6,8-15H,2-3,7H2,1H3;1-7H;3H,1-2H3;2*1H;/q;;;;;+2/p-2. The molecule has 193 valence electrons. The molecule has 0 aliphatic heterocycles. The van der Waals surface area contributed by atoms with Crippen molar-refractivity contribution in [3.05, 3.63) is 113 Å². The number of benzene rings is 3. The van der Waals surface area contributed by atoms with Gasteiger partial charge in [0.2, 0.25) is 0 Å². The second-order valence-corrected chi connectivity index (χ2v) is 53.9. The van der Waals surface area contributed by atoms with Crippen LogP contribution in [0.5, 0.6) is 0 Å². The number of para-hydroxylation sites is 1. The molecular formula is C33H34Cl2NSiZr. The van der Waals surface area contributed by atoms with Crippen molar-refractivity contribution >= 4 is 46.0 Å². The van der Waals surface area contributed by atoms with E-state index in [1.54, 1.807) is 0 Å². The van der Waals surface area contributed by atoms with E-state index in [-0.39, 0.29) is 7.25 Å². The van der Waals surface area contributed by atoms with Crippen molar-refractivity contribution in [1.29, 1.82) is 0 Å². The summed E-state index contributed by atoms with van der Waals surface area (Å²) < 4.78 is 0.289. The Morgan fingerprint density at radius 2 is 1.68 bits per heavy atom. The number of nitrogens with zero attached hydrogens (tertiary/aromatic N) is 1. The van der Waals surface area contributed by atoms with E-state index < -0.39 is 21.5 Å². The third-order valence-corrected chi connectivity index (χ3v) is 60.9. The molecule has 1 nitrogen and oxygen atoms in total. The van der Waals surface area contributed by atoms with Gasteiger partial charge in [-0.2, -0.15) is 0 Å². The molecule has 1 heterocycles. The quantitative estimate of drug-likeness (QED) is 0.184. The zero-order valence-corrected chi connectivity index (χ0v) is 27.4. The molecule has 0 radical (unpaired) electrons. The average Bonchev–Trinajstić information content (AvgIpc) is 3.54. The number of fused-ring (bicyclic) bond motifs is 3. The first-order chi connectivity index (χ1) is 18.3. The van der Waals surface area contributed by atoms with Crippen LogP contribution in [0.3, 0.4) is 0 Å². The van der Waals surface area contributed by atoms with Gasteiger partial charge in [0.05, 0.1) is 0 Å². The monoisotopic (exact) mass is 632 g/mol. The number of rotatable bonds is 7. The van der Waals surface area contributed by atoms with Gasteiger partial charge in [0.1, 0.15) is 0 Å². The molecule has 0 fully saturated rings. The number of unbranched alkanes of at least 4 members (excludes halogenated alkanes) is 1. The summed E-state index contributed by atoms with van der Waals surface area (Å²) in [5, 5.41) is 1.16. The van der Waals surface area contributed by atoms with E-state index in [0.29, 0.717) is 0 Å². The molecule has 38 heavy (non-hydrogen) atoms. The Morgan fingerprint density at radius 3 is 2.50 bits per heavy atom. The summed E-state index contributed by atoms with van der Waals surface area (Å²) in [4.78, 5) is 4.79. The predicted molar refractivity (Wildman–Crippen MR) is 166 cm³/mol. The van der Waals surface area contributed by atoms with E-state index in [1.165, 1.54) is 33.4 Å². The van der Waals surface area contributed by atoms with Crippen molar-refractivity contribution in [1.82, 2.24) is 4.98 Å². The van der Waals surface area contributed by atoms with E-state index in [9.17, 15) is 0 Å². The topological polar surface area (TPSA) is 12.9 Å². The predicted octanol–water partition coefficient (Wildman–Crippen LogP) is 10.3. The van der Waals surface area contributed by atoms with Gasteiger partial charge in [0, 0.05) is 0 Å². The number of pyridine rings is 1. The van der Waals surface area contributed by atoms with Gasteiger partial charge in [-0.05, 0) is 0 Å². The molecule has 2 aliphatic carbocycles. The van der Waals surface area contributed by atoms with Crippen LogP contribution in [0.25, 0.3) is 34.2 Å². The maximum absolute atomic E-state index is 8.28. The van der Waals surface area contributed by atoms with E-state index in [2.05, 4.69) is 105 Å². The molecule has 5 heteroatoms. The first-order valence-electron chi connectivity index (χ1n) is 13.9. The average molecular weight is 635 g/mol. The Hall–Kier alpha value is -1.77. The molecule has 0 N–H and O–H groups in total. The summed E-state index contributed by atoms with van der Waals surface area (Å²) >= 11 is -4.55. The number of aromatic nitrogens is 1. The Labute approximate surface area is 235 Å². The van der Waals surface area contributed by atoms with E-state index in [4.69, 9.17) is 22.0 Å². The van der Waals surface area contributed by atoms with Gasteiger partial charge in [0.15, 0.2) is 0 Å². The molecule has 2 aliphatic rings. The van der Waals surface area contributed by atoms with Gasteiger partial charge < -0.3 is 0 Å². The molecule has 0 saturated heterocycles. The summed E-state index contributed by atoms with van der Waals surface area (Å²) in [6, 6.07) is 26.1. The molecule has 4 aromatic rings. The van der Waals surface area contributed by atoms with Crippen molar-refractivity contribution in [3.63, 3.8) is 0 Å². The van der Waals surface area contributed by atoms with Gasteiger partial charge in [-0.3, -0.25) is 0 Å². The molecule has 0 spiro atoms. The zero-order chi connectivity index (χ0) is 26.5. The maximum atomic E-state index is 8.28. The fourth-order valence-electron chi connectivity index (χ4n) is 6.79. The van der Waals surface area contributed by atoms with Crippen LogP contribution < -0.4 is 0 Å². The van der Waals surface area contributed by atoms with Crippen LogP contribution in [-0.2, 0) is 15.6 Å². The normalized spacial score (nSPS) is 19.3. The molecule has 0 amide bonds. The third-order valence-electron chi connectivity index (χ3n) is 8.92. The second kappa shape index (κ2) is 10.0. The summed E-state index contributed by atoms with van der Waals surface area (Å²) in [6.45, 7) is 7.09. The molecule has 2 unspecified atom stereocenters. The van der Waals surface area contributed by atoms with Crippen LogP contribution >= 0.6 is 17.0 Å². The van der Waals surface area contributed by atoms with Crippen LogP contribution in [0.4, 0.5) is 0 Å². The molecule has 2 atom stereocenters. The first kappa shape index (κ1) is 26.5. The summed E-state index contributed by atoms with van der Waals surface area (Å²) in [5.41, 5.74) is 10.1. The molecule has 6 rings (SSSR count). The Kier molecular flexibility index (Phi) is 6.97. The van der Waals surface area contributed by atoms with Crippen LogP contribution in [0.15, 0.2) is 90.6 Å². The van der Waals surface area contributed by atoms with E-state index >= 15 is 0 Å². The van der Waals surface area contributed by atoms with Gasteiger partial charge >= 0.3 is 237 Å². The van der Waals surface area contributed by atoms with Crippen LogP contribution in [0.1, 0.15) is 55.7 Å². The van der Waals surface area contributed by atoms with Gasteiger partial charge in [-0.15, -0.1) is 0 Å². The summed E-state index contributed by atoms with van der Waals surface area (Å²) in [7, 11) is 16.6. The summed E-state index contributed by atoms with van der Waals surface area (Å²) in [5.74, 6) is -1.50. The number of hydrogen-bond donors (Lipinski definition) is 0. The van der Waals surface area contributed by atoms with Crippen LogP contribution in [0, 0.1) is 0 Å². The van der Waals surface area contributed by atoms with Crippen LogP contribution in [0.2, 0.25) is 13.1 Å². The molecule has 1 aromatic heterocycles. The van der Waals surface area contributed by atoms with Gasteiger partial charge in [-0.25, -0.2) is 0 Å². The van der Waals surface area contributed by atoms with Crippen molar-refractivity contribution in [3.8, 4) is 11.1 Å². The van der Waals surface area contributed by atoms with Crippen molar-refractivity contribution in [2.75, 3.05) is 0 Å². The van der Waals surface area contributed by atoms with E-state index in [1.807, 2.05) is 12.3 Å². The van der Waals surface area contributed by atoms with Gasteiger partial charge in [0.25, 0.3) is 0 Å². The Balaban J connectivity index is 1.56. The Bertz CT molecular complexity index is 1610. The number of halogens is 2. The SMILES string of the molecule is CCCCC1=Cc2c(-c3cnc4ccccc4c3)cccc2[CH]1[Zr]([Cl])([Cl])([CH]1C=Cc2ccccc21)[SiH](C)C. The number of allylic oxidation sites excluding steroid dienone is 2. The second-order valence-electron chi connectivity index (χ2n) is 11.3. The zero-order valence-electron chi connectivity index (χ0n) is 22.3.